The van der Waals surface area contributed by atoms with Crippen molar-refractivity contribution in [2.75, 3.05) is 13.1 Å². The Hall–Kier alpha value is -3.48. The lowest BCUT2D eigenvalue weighted by Gasteiger charge is -2.29. The second-order valence-electron chi connectivity index (χ2n) is 8.42. The van der Waals surface area contributed by atoms with Gasteiger partial charge in [-0.3, -0.25) is 24.5 Å². The lowest BCUT2D eigenvalue weighted by Crippen LogP contribution is -2.52. The van der Waals surface area contributed by atoms with Gasteiger partial charge in [-0.15, -0.1) is 0 Å². The molecule has 2 aromatic rings. The van der Waals surface area contributed by atoms with E-state index in [1.54, 1.807) is 18.2 Å². The zero-order valence-electron chi connectivity index (χ0n) is 17.0. The summed E-state index contributed by atoms with van der Waals surface area (Å²) in [5, 5.41) is 2.31. The van der Waals surface area contributed by atoms with Gasteiger partial charge in [-0.05, 0) is 42.2 Å². The van der Waals surface area contributed by atoms with Gasteiger partial charge in [0.25, 0.3) is 11.8 Å². The van der Waals surface area contributed by atoms with Gasteiger partial charge in [-0.2, -0.15) is 0 Å². The Morgan fingerprint density at radius 2 is 1.81 bits per heavy atom. The van der Waals surface area contributed by atoms with Crippen LogP contribution < -0.4 is 5.32 Å². The highest BCUT2D eigenvalue weighted by atomic mass is 16.2. The zero-order chi connectivity index (χ0) is 21.5. The van der Waals surface area contributed by atoms with E-state index in [1.165, 1.54) is 10.5 Å². The van der Waals surface area contributed by atoms with Crippen molar-refractivity contribution in [3.8, 4) is 0 Å². The summed E-state index contributed by atoms with van der Waals surface area (Å²) in [4.78, 5) is 52.9. The molecule has 31 heavy (non-hydrogen) atoms. The summed E-state index contributed by atoms with van der Waals surface area (Å²) in [6.45, 7) is 1.66. The number of rotatable bonds is 3. The molecule has 3 heterocycles. The van der Waals surface area contributed by atoms with Crippen LogP contribution in [0.1, 0.15) is 57.0 Å². The molecular formula is C24H23N3O4. The van der Waals surface area contributed by atoms with Crippen LogP contribution in [-0.4, -0.2) is 52.6 Å². The van der Waals surface area contributed by atoms with E-state index in [4.69, 9.17) is 0 Å². The molecule has 0 saturated carbocycles. The second-order valence-corrected chi connectivity index (χ2v) is 8.42. The van der Waals surface area contributed by atoms with Gasteiger partial charge in [-0.1, -0.05) is 30.3 Å². The van der Waals surface area contributed by atoms with Crippen molar-refractivity contribution in [2.24, 2.45) is 0 Å². The molecule has 2 unspecified atom stereocenters. The predicted octanol–water partition coefficient (Wildman–Crippen LogP) is 2.08. The molecule has 0 aromatic heterocycles. The molecule has 2 saturated heterocycles. The average molecular weight is 417 g/mol. The molecule has 3 aliphatic heterocycles. The van der Waals surface area contributed by atoms with Gasteiger partial charge < -0.3 is 9.80 Å². The summed E-state index contributed by atoms with van der Waals surface area (Å²) in [6.07, 6.45) is 1.48. The Bertz CT molecular complexity index is 1080. The van der Waals surface area contributed by atoms with Crippen LogP contribution >= 0.6 is 0 Å². The minimum Gasteiger partial charge on any atom is -0.338 e. The van der Waals surface area contributed by atoms with Gasteiger partial charge >= 0.3 is 0 Å². The van der Waals surface area contributed by atoms with Gasteiger partial charge in [0.2, 0.25) is 11.8 Å². The summed E-state index contributed by atoms with van der Waals surface area (Å²) in [7, 11) is 0. The Morgan fingerprint density at radius 1 is 1.00 bits per heavy atom. The van der Waals surface area contributed by atoms with Crippen LogP contribution in [0.3, 0.4) is 0 Å². The van der Waals surface area contributed by atoms with Crippen molar-refractivity contribution < 1.29 is 19.2 Å². The van der Waals surface area contributed by atoms with Gasteiger partial charge in [0.05, 0.1) is 0 Å². The Labute approximate surface area is 180 Å². The normalized spacial score (nSPS) is 23.2. The molecule has 7 heteroatoms. The fourth-order valence-corrected chi connectivity index (χ4v) is 4.83. The molecular weight excluding hydrogens is 394 g/mol. The van der Waals surface area contributed by atoms with Crippen molar-refractivity contribution in [1.82, 2.24) is 15.1 Å². The number of imide groups is 1. The third-order valence-electron chi connectivity index (χ3n) is 6.52. The topological polar surface area (TPSA) is 86.8 Å². The molecule has 7 nitrogen and oxygen atoms in total. The number of nitrogens with zero attached hydrogens (tertiary/aromatic N) is 2. The van der Waals surface area contributed by atoms with E-state index < -0.39 is 11.9 Å². The van der Waals surface area contributed by atoms with Crippen LogP contribution in [0.2, 0.25) is 0 Å². The van der Waals surface area contributed by atoms with Crippen LogP contribution in [0.4, 0.5) is 0 Å². The summed E-state index contributed by atoms with van der Waals surface area (Å²) in [5.74, 6) is -0.665. The number of hydrogen-bond donors (Lipinski definition) is 1. The summed E-state index contributed by atoms with van der Waals surface area (Å²) < 4.78 is 0. The van der Waals surface area contributed by atoms with Crippen molar-refractivity contribution in [3.05, 3.63) is 70.8 Å². The molecule has 2 fully saturated rings. The molecule has 1 N–H and O–H groups in total. The van der Waals surface area contributed by atoms with Gasteiger partial charge in [0.15, 0.2) is 0 Å². The molecule has 0 radical (unpaired) electrons. The first kappa shape index (κ1) is 19.5. The smallest absolute Gasteiger partial charge is 0.255 e. The molecule has 0 bridgehead atoms. The fourth-order valence-electron chi connectivity index (χ4n) is 4.83. The molecule has 2 aromatic carbocycles. The molecule has 0 spiro atoms. The molecule has 5 rings (SSSR count). The van der Waals surface area contributed by atoms with Crippen LogP contribution in [-0.2, 0) is 16.1 Å². The standard InChI is InChI=1S/C24H23N3O4/c28-21-9-8-20(22(29)25-21)27-14-18-12-16(6-7-19(18)24(27)31)23(30)26-11-10-17(13-26)15-4-2-1-3-5-15/h1-7,12,17,20H,8-11,13-14H2,(H,25,28,29). The van der Waals surface area contributed by atoms with Crippen LogP contribution in [0, 0.1) is 0 Å². The van der Waals surface area contributed by atoms with Crippen LogP contribution in [0.15, 0.2) is 48.5 Å². The number of amides is 4. The van der Waals surface area contributed by atoms with E-state index in [0.29, 0.717) is 36.6 Å². The Balaban J connectivity index is 1.31. The van der Waals surface area contributed by atoms with Gasteiger partial charge in [0, 0.05) is 43.1 Å². The van der Waals surface area contributed by atoms with Crippen molar-refractivity contribution >= 4 is 23.6 Å². The number of nitrogens with one attached hydrogen (secondary N) is 1. The maximum absolute atomic E-state index is 13.1. The van der Waals surface area contributed by atoms with Crippen molar-refractivity contribution in [3.63, 3.8) is 0 Å². The quantitative estimate of drug-likeness (QED) is 0.775. The number of benzene rings is 2. The highest BCUT2D eigenvalue weighted by molar-refractivity contribution is 6.06. The number of hydrogen-bond acceptors (Lipinski definition) is 4. The summed E-state index contributed by atoms with van der Waals surface area (Å²) in [6, 6.07) is 14.7. The van der Waals surface area contributed by atoms with Gasteiger partial charge in [0.1, 0.15) is 6.04 Å². The highest BCUT2D eigenvalue weighted by Crippen LogP contribution is 2.31. The molecule has 158 valence electrons. The van der Waals surface area contributed by atoms with Crippen molar-refractivity contribution in [2.45, 2.75) is 37.8 Å². The Kier molecular flexibility index (Phi) is 4.81. The second kappa shape index (κ2) is 7.65. The van der Waals surface area contributed by atoms with E-state index in [9.17, 15) is 19.2 Å². The lowest BCUT2D eigenvalue weighted by molar-refractivity contribution is -0.136. The lowest BCUT2D eigenvalue weighted by atomic mass is 9.99. The SMILES string of the molecule is O=C1CCC(N2Cc3cc(C(=O)N4CCC(c5ccccc5)C4)ccc3C2=O)C(=O)N1. The zero-order valence-corrected chi connectivity index (χ0v) is 17.0. The maximum atomic E-state index is 13.1. The minimum atomic E-state index is -0.651. The number of piperidine rings is 1. The number of likely N-dealkylation sites (tertiary alicyclic amines) is 1. The average Bonchev–Trinajstić information content (AvgIpc) is 3.39. The first-order chi connectivity index (χ1) is 15.0. The predicted molar refractivity (Wildman–Crippen MR) is 112 cm³/mol. The number of carbonyl (C=O) groups excluding carboxylic acids is 4. The monoisotopic (exact) mass is 417 g/mol. The molecule has 4 amide bonds. The van der Waals surface area contributed by atoms with E-state index in [-0.39, 0.29) is 30.7 Å². The van der Waals surface area contributed by atoms with E-state index >= 15 is 0 Å². The minimum absolute atomic E-state index is 0.0341. The number of fused-ring (bicyclic) bond motifs is 1. The van der Waals surface area contributed by atoms with Crippen LogP contribution in [0.25, 0.3) is 0 Å². The maximum Gasteiger partial charge on any atom is 0.255 e. The highest BCUT2D eigenvalue weighted by Gasteiger charge is 2.39. The first-order valence-electron chi connectivity index (χ1n) is 10.6. The van der Waals surface area contributed by atoms with E-state index in [2.05, 4.69) is 17.4 Å². The summed E-state index contributed by atoms with van der Waals surface area (Å²) >= 11 is 0. The largest absolute Gasteiger partial charge is 0.338 e. The summed E-state index contributed by atoms with van der Waals surface area (Å²) in [5.41, 5.74) is 3.08. The Morgan fingerprint density at radius 3 is 2.58 bits per heavy atom. The fraction of sp³-hybridized carbons (Fsp3) is 0.333. The third kappa shape index (κ3) is 3.50. The first-order valence-corrected chi connectivity index (χ1v) is 10.6. The van der Waals surface area contributed by atoms with E-state index in [1.807, 2.05) is 23.1 Å². The van der Waals surface area contributed by atoms with Gasteiger partial charge in [-0.25, -0.2) is 0 Å². The number of carbonyl (C=O) groups is 4. The molecule has 3 aliphatic rings. The van der Waals surface area contributed by atoms with Crippen LogP contribution in [0.5, 0.6) is 0 Å². The third-order valence-corrected chi connectivity index (χ3v) is 6.52. The van der Waals surface area contributed by atoms with Crippen molar-refractivity contribution in [1.29, 1.82) is 0 Å². The van der Waals surface area contributed by atoms with E-state index in [0.717, 1.165) is 12.0 Å². The molecule has 2 atom stereocenters. The molecule has 0 aliphatic carbocycles.